The Labute approximate surface area is 169 Å². The molecule has 1 heterocycles. The molecule has 5 nitrogen and oxygen atoms in total. The maximum Gasteiger partial charge on any atom is 0.343 e. The van der Waals surface area contributed by atoms with Crippen LogP contribution in [0.4, 0.5) is 0 Å². The van der Waals surface area contributed by atoms with Crippen molar-refractivity contribution in [3.8, 4) is 11.5 Å². The highest BCUT2D eigenvalue weighted by Gasteiger charge is 2.23. The van der Waals surface area contributed by atoms with Crippen LogP contribution >= 0.6 is 27.5 Å². The summed E-state index contributed by atoms with van der Waals surface area (Å²) in [7, 11) is 1.58. The number of esters is 2. The zero-order valence-electron chi connectivity index (χ0n) is 14.4. The Balaban J connectivity index is 2.00. The Hall–Kier alpha value is -2.57. The molecule has 138 valence electrons. The first-order valence-electron chi connectivity index (χ1n) is 7.85. The molecule has 0 saturated heterocycles. The summed E-state index contributed by atoms with van der Waals surface area (Å²) in [6.45, 7) is 1.30. The molecule has 0 radical (unpaired) electrons. The van der Waals surface area contributed by atoms with Gasteiger partial charge in [0.15, 0.2) is 5.75 Å². The Bertz CT molecular complexity index is 977. The largest absolute Gasteiger partial charge is 0.497 e. The molecule has 0 N–H and O–H groups in total. The summed E-state index contributed by atoms with van der Waals surface area (Å²) < 4.78 is 16.2. The van der Waals surface area contributed by atoms with Gasteiger partial charge in [0.25, 0.3) is 0 Å². The van der Waals surface area contributed by atoms with Crippen LogP contribution in [-0.2, 0) is 14.3 Å². The van der Waals surface area contributed by atoms with Gasteiger partial charge in [-0.25, -0.2) is 4.79 Å². The number of hydrogen-bond acceptors (Lipinski definition) is 5. The Morgan fingerprint density at radius 1 is 1.22 bits per heavy atom. The number of hydrogen-bond donors (Lipinski definition) is 0. The van der Waals surface area contributed by atoms with E-state index < -0.39 is 11.9 Å². The summed E-state index contributed by atoms with van der Waals surface area (Å²) in [5, 5.41) is 0.426. The minimum Gasteiger partial charge on any atom is -0.497 e. The molecule has 27 heavy (non-hydrogen) atoms. The van der Waals surface area contributed by atoms with Crippen molar-refractivity contribution in [1.29, 1.82) is 0 Å². The molecule has 3 rings (SSSR count). The van der Waals surface area contributed by atoms with Crippen LogP contribution in [0.2, 0.25) is 5.02 Å². The van der Waals surface area contributed by atoms with Gasteiger partial charge in [-0.05, 0) is 64.5 Å². The predicted octanol–water partition coefficient (Wildman–Crippen LogP) is 5.02. The molecule has 0 bridgehead atoms. The second-order valence-electron chi connectivity index (χ2n) is 5.63. The summed E-state index contributed by atoms with van der Waals surface area (Å²) in [5.41, 5.74) is 1.52. The molecular formula is C20H14BrClO5. The van der Waals surface area contributed by atoms with E-state index in [4.69, 9.17) is 25.8 Å². The van der Waals surface area contributed by atoms with E-state index in [1.54, 1.807) is 55.7 Å². The van der Waals surface area contributed by atoms with Crippen LogP contribution in [0, 0.1) is 0 Å². The molecule has 0 atom stereocenters. The normalized spacial score (nSPS) is 14.7. The summed E-state index contributed by atoms with van der Waals surface area (Å²) in [6.07, 6.45) is 3.18. The molecule has 0 saturated carbocycles. The van der Waals surface area contributed by atoms with Crippen LogP contribution < -0.4 is 9.47 Å². The number of rotatable bonds is 4. The molecule has 0 aromatic heterocycles. The van der Waals surface area contributed by atoms with E-state index in [1.165, 1.54) is 6.92 Å². The van der Waals surface area contributed by atoms with Gasteiger partial charge in [0.2, 0.25) is 0 Å². The summed E-state index contributed by atoms with van der Waals surface area (Å²) in [5.74, 6) is 0.406. The van der Waals surface area contributed by atoms with Gasteiger partial charge in [0.05, 0.1) is 17.2 Å². The molecule has 2 aromatic carbocycles. The van der Waals surface area contributed by atoms with Crippen molar-refractivity contribution in [2.75, 3.05) is 7.11 Å². The molecule has 0 aliphatic carbocycles. The second kappa shape index (κ2) is 7.98. The van der Waals surface area contributed by atoms with Crippen molar-refractivity contribution >= 4 is 51.3 Å². The van der Waals surface area contributed by atoms with E-state index in [2.05, 4.69) is 15.9 Å². The number of cyclic esters (lactones) is 1. The summed E-state index contributed by atoms with van der Waals surface area (Å²) in [6, 6.07) is 10.3. The third-order valence-electron chi connectivity index (χ3n) is 3.69. The van der Waals surface area contributed by atoms with Gasteiger partial charge in [0.1, 0.15) is 11.5 Å². The van der Waals surface area contributed by atoms with Crippen LogP contribution in [0.25, 0.3) is 11.8 Å². The Morgan fingerprint density at radius 2 is 1.93 bits per heavy atom. The lowest BCUT2D eigenvalue weighted by atomic mass is 10.1. The highest BCUT2D eigenvalue weighted by atomic mass is 79.9. The SMILES string of the molecule is COc1ccc(C2=C/C(=C\c3cc(Cl)cc(Br)c3OC(C)=O)C(=O)O2)cc1. The lowest BCUT2D eigenvalue weighted by molar-refractivity contribution is -0.132. The first-order valence-corrected chi connectivity index (χ1v) is 9.02. The van der Waals surface area contributed by atoms with Gasteiger partial charge in [-0.3, -0.25) is 4.79 Å². The van der Waals surface area contributed by atoms with Crippen LogP contribution in [0.5, 0.6) is 11.5 Å². The number of ether oxygens (including phenoxy) is 3. The molecular weight excluding hydrogens is 436 g/mol. The van der Waals surface area contributed by atoms with Crippen LogP contribution in [0.3, 0.4) is 0 Å². The van der Waals surface area contributed by atoms with Crippen molar-refractivity contribution in [3.63, 3.8) is 0 Å². The smallest absolute Gasteiger partial charge is 0.343 e. The lowest BCUT2D eigenvalue weighted by Crippen LogP contribution is -2.04. The van der Waals surface area contributed by atoms with Crippen LogP contribution in [-0.4, -0.2) is 19.0 Å². The fourth-order valence-corrected chi connectivity index (χ4v) is 3.41. The Morgan fingerprint density at radius 3 is 2.56 bits per heavy atom. The molecule has 0 unspecified atom stereocenters. The zero-order chi connectivity index (χ0) is 19.6. The number of benzene rings is 2. The zero-order valence-corrected chi connectivity index (χ0v) is 16.8. The highest BCUT2D eigenvalue weighted by Crippen LogP contribution is 2.36. The van der Waals surface area contributed by atoms with Gasteiger partial charge >= 0.3 is 11.9 Å². The maximum atomic E-state index is 12.3. The molecule has 2 aromatic rings. The van der Waals surface area contributed by atoms with E-state index >= 15 is 0 Å². The Kier molecular flexibility index (Phi) is 5.68. The summed E-state index contributed by atoms with van der Waals surface area (Å²) >= 11 is 9.41. The molecule has 0 spiro atoms. The number of methoxy groups -OCH3 is 1. The summed E-state index contributed by atoms with van der Waals surface area (Å²) in [4.78, 5) is 23.7. The third-order valence-corrected chi connectivity index (χ3v) is 4.50. The van der Waals surface area contributed by atoms with Crippen LogP contribution in [0.1, 0.15) is 18.1 Å². The van der Waals surface area contributed by atoms with E-state index in [0.717, 1.165) is 5.56 Å². The van der Waals surface area contributed by atoms with E-state index in [9.17, 15) is 9.59 Å². The first kappa shape index (κ1) is 19.2. The minimum absolute atomic E-state index is 0.276. The quantitative estimate of drug-likeness (QED) is 0.373. The first-order chi connectivity index (χ1) is 12.9. The second-order valence-corrected chi connectivity index (χ2v) is 6.92. The number of carbonyl (C=O) groups is 2. The van der Waals surface area contributed by atoms with E-state index in [1.807, 2.05) is 0 Å². The van der Waals surface area contributed by atoms with Crippen molar-refractivity contribution in [3.05, 3.63) is 68.7 Å². The van der Waals surface area contributed by atoms with Crippen molar-refractivity contribution in [1.82, 2.24) is 0 Å². The fraction of sp³-hybridized carbons (Fsp3) is 0.100. The number of halogens is 2. The van der Waals surface area contributed by atoms with Crippen molar-refractivity contribution in [2.24, 2.45) is 0 Å². The molecule has 0 amide bonds. The standard InChI is InChI=1S/C20H14BrClO5/c1-11(23)26-19-13(8-15(22)10-17(19)21)7-14-9-18(27-20(14)24)12-3-5-16(25-2)6-4-12/h3-10H,1-2H3/b14-7+. The van der Waals surface area contributed by atoms with Crippen molar-refractivity contribution < 1.29 is 23.8 Å². The monoisotopic (exact) mass is 448 g/mol. The molecule has 0 fully saturated rings. The predicted molar refractivity (Wildman–Crippen MR) is 106 cm³/mol. The molecule has 7 heteroatoms. The van der Waals surface area contributed by atoms with E-state index in [-0.39, 0.29) is 5.75 Å². The lowest BCUT2D eigenvalue weighted by Gasteiger charge is -2.09. The molecule has 1 aliphatic heterocycles. The van der Waals surface area contributed by atoms with Gasteiger partial charge in [-0.2, -0.15) is 0 Å². The number of carbonyl (C=O) groups excluding carboxylic acids is 2. The maximum absolute atomic E-state index is 12.3. The van der Waals surface area contributed by atoms with Gasteiger partial charge in [-0.1, -0.05) is 11.6 Å². The van der Waals surface area contributed by atoms with E-state index in [0.29, 0.717) is 32.1 Å². The minimum atomic E-state index is -0.509. The van der Waals surface area contributed by atoms with Crippen molar-refractivity contribution in [2.45, 2.75) is 6.92 Å². The molecule has 1 aliphatic rings. The highest BCUT2D eigenvalue weighted by molar-refractivity contribution is 9.10. The average molecular weight is 450 g/mol. The average Bonchev–Trinajstić information content (AvgIpc) is 2.98. The van der Waals surface area contributed by atoms with Gasteiger partial charge in [0, 0.05) is 23.1 Å². The van der Waals surface area contributed by atoms with Gasteiger partial charge in [-0.15, -0.1) is 0 Å². The third kappa shape index (κ3) is 4.40. The van der Waals surface area contributed by atoms with Gasteiger partial charge < -0.3 is 14.2 Å². The van der Waals surface area contributed by atoms with Crippen LogP contribution in [0.15, 0.2) is 52.5 Å². The topological polar surface area (TPSA) is 61.8 Å². The fourth-order valence-electron chi connectivity index (χ4n) is 2.49.